The molecule has 9 heteroatoms. The van der Waals surface area contributed by atoms with Crippen molar-refractivity contribution in [2.24, 2.45) is 5.92 Å². The second kappa shape index (κ2) is 10.3. The molecule has 0 aliphatic heterocycles. The zero-order valence-corrected chi connectivity index (χ0v) is 21.0. The van der Waals surface area contributed by atoms with Gasteiger partial charge in [0.2, 0.25) is 0 Å². The van der Waals surface area contributed by atoms with E-state index in [-0.39, 0.29) is 22.7 Å². The van der Waals surface area contributed by atoms with Gasteiger partial charge in [-0.25, -0.2) is 9.37 Å². The molecule has 0 saturated heterocycles. The van der Waals surface area contributed by atoms with Crippen molar-refractivity contribution in [2.45, 2.75) is 33.7 Å². The summed E-state index contributed by atoms with van der Waals surface area (Å²) in [5.41, 5.74) is 1.01. The first kappa shape index (κ1) is 25.7. The van der Waals surface area contributed by atoms with Gasteiger partial charge in [-0.15, -0.1) is 0 Å². The Balaban J connectivity index is 1.91. The number of nitro benzene ring substituents is 1. The van der Waals surface area contributed by atoms with E-state index in [0.29, 0.717) is 34.5 Å². The van der Waals surface area contributed by atoms with Gasteiger partial charge in [-0.2, -0.15) is 0 Å². The molecule has 1 unspecified atom stereocenters. The average Bonchev–Trinajstić information content (AvgIpc) is 2.87. The molecule has 4 rings (SSSR count). The lowest BCUT2D eigenvalue weighted by Gasteiger charge is -2.32. The summed E-state index contributed by atoms with van der Waals surface area (Å²) in [6.07, 6.45) is 0. The molecule has 0 aliphatic rings. The van der Waals surface area contributed by atoms with Gasteiger partial charge in [-0.1, -0.05) is 32.0 Å². The zero-order valence-electron chi connectivity index (χ0n) is 21.0. The summed E-state index contributed by atoms with van der Waals surface area (Å²) in [6, 6.07) is 16.1. The molecule has 0 aliphatic carbocycles. The van der Waals surface area contributed by atoms with Crippen molar-refractivity contribution < 1.29 is 14.1 Å². The summed E-state index contributed by atoms with van der Waals surface area (Å²) in [5.74, 6) is -0.515. The third kappa shape index (κ3) is 5.11. The molecule has 1 heterocycles. The molecule has 37 heavy (non-hydrogen) atoms. The molecule has 0 spiro atoms. The zero-order chi connectivity index (χ0) is 26.9. The fraction of sp³-hybridized carbons (Fsp3) is 0.250. The van der Waals surface area contributed by atoms with Crippen LogP contribution in [-0.2, 0) is 0 Å². The van der Waals surface area contributed by atoms with Crippen molar-refractivity contribution in [3.05, 3.63) is 110 Å². The number of para-hydroxylation sites is 1. The molecule has 1 atom stereocenters. The highest BCUT2D eigenvalue weighted by atomic mass is 19.1. The van der Waals surface area contributed by atoms with Crippen LogP contribution in [-0.4, -0.2) is 31.8 Å². The first-order valence-corrected chi connectivity index (χ1v) is 11.9. The summed E-state index contributed by atoms with van der Waals surface area (Å²) < 4.78 is 15.1. The van der Waals surface area contributed by atoms with Gasteiger partial charge in [0.05, 0.1) is 27.6 Å². The maximum Gasteiger partial charge on any atom is 0.273 e. The second-order valence-electron chi connectivity index (χ2n) is 9.39. The minimum Gasteiger partial charge on any atom is -0.328 e. The Labute approximate surface area is 213 Å². The van der Waals surface area contributed by atoms with Gasteiger partial charge in [0, 0.05) is 23.7 Å². The van der Waals surface area contributed by atoms with Crippen LogP contribution in [0.3, 0.4) is 0 Å². The maximum atomic E-state index is 13.8. The molecule has 0 radical (unpaired) electrons. The van der Waals surface area contributed by atoms with Crippen LogP contribution in [0, 0.1) is 28.8 Å². The molecule has 8 nitrogen and oxygen atoms in total. The van der Waals surface area contributed by atoms with Gasteiger partial charge in [0.25, 0.3) is 17.2 Å². The number of aromatic nitrogens is 2. The van der Waals surface area contributed by atoms with Crippen LogP contribution >= 0.6 is 0 Å². The van der Waals surface area contributed by atoms with Crippen molar-refractivity contribution >= 4 is 22.5 Å². The smallest absolute Gasteiger partial charge is 0.273 e. The molecule has 0 fully saturated rings. The van der Waals surface area contributed by atoms with Gasteiger partial charge in [0.15, 0.2) is 0 Å². The summed E-state index contributed by atoms with van der Waals surface area (Å²) in [4.78, 5) is 44.7. The second-order valence-corrected chi connectivity index (χ2v) is 9.39. The number of hydrogen-bond acceptors (Lipinski definition) is 5. The SMILES string of the molecule is Cc1ccc(C(=O)N(CC(C)C)C(C)c2nc3ccccc3c(=O)n2-c2ccc(F)cc2)cc1[N+](=O)[O-]. The van der Waals surface area contributed by atoms with Crippen LogP contribution in [0.4, 0.5) is 10.1 Å². The Morgan fingerprint density at radius 2 is 1.76 bits per heavy atom. The first-order chi connectivity index (χ1) is 17.6. The van der Waals surface area contributed by atoms with E-state index in [1.165, 1.54) is 34.9 Å². The molecule has 0 bridgehead atoms. The molecule has 0 N–H and O–H groups in total. The molecule has 0 saturated carbocycles. The summed E-state index contributed by atoms with van der Waals surface area (Å²) in [5, 5.41) is 11.9. The number of fused-ring (bicyclic) bond motifs is 1. The number of rotatable bonds is 7. The van der Waals surface area contributed by atoms with Crippen molar-refractivity contribution in [3.8, 4) is 5.69 Å². The topological polar surface area (TPSA) is 98.3 Å². The van der Waals surface area contributed by atoms with E-state index in [9.17, 15) is 24.1 Å². The Morgan fingerprint density at radius 3 is 2.41 bits per heavy atom. The van der Waals surface area contributed by atoms with Crippen LogP contribution < -0.4 is 5.56 Å². The van der Waals surface area contributed by atoms with E-state index in [1.807, 2.05) is 13.8 Å². The van der Waals surface area contributed by atoms with Crippen LogP contribution in [0.15, 0.2) is 71.5 Å². The highest BCUT2D eigenvalue weighted by Crippen LogP contribution is 2.27. The molecule has 1 amide bonds. The molecule has 1 aromatic heterocycles. The minimum absolute atomic E-state index is 0.0540. The largest absolute Gasteiger partial charge is 0.328 e. The number of aryl methyl sites for hydroxylation is 1. The third-order valence-corrected chi connectivity index (χ3v) is 6.20. The van der Waals surface area contributed by atoms with Crippen molar-refractivity contribution in [1.82, 2.24) is 14.5 Å². The van der Waals surface area contributed by atoms with Gasteiger partial charge in [-0.3, -0.25) is 24.3 Å². The summed E-state index contributed by atoms with van der Waals surface area (Å²) in [7, 11) is 0. The highest BCUT2D eigenvalue weighted by molar-refractivity contribution is 5.95. The number of nitro groups is 1. The van der Waals surface area contributed by atoms with Crippen LogP contribution in [0.25, 0.3) is 16.6 Å². The molecule has 3 aromatic carbocycles. The number of benzene rings is 3. The highest BCUT2D eigenvalue weighted by Gasteiger charge is 2.29. The number of nitrogens with zero attached hydrogens (tertiary/aromatic N) is 4. The van der Waals surface area contributed by atoms with E-state index < -0.39 is 22.7 Å². The number of amides is 1. The lowest BCUT2D eigenvalue weighted by atomic mass is 10.1. The Morgan fingerprint density at radius 1 is 1.08 bits per heavy atom. The monoisotopic (exact) mass is 502 g/mol. The lowest BCUT2D eigenvalue weighted by molar-refractivity contribution is -0.385. The first-order valence-electron chi connectivity index (χ1n) is 11.9. The molecule has 190 valence electrons. The quantitative estimate of drug-likeness (QED) is 0.242. The van der Waals surface area contributed by atoms with Gasteiger partial charge >= 0.3 is 0 Å². The van der Waals surface area contributed by atoms with Gasteiger partial charge in [-0.05, 0) is 62.2 Å². The van der Waals surface area contributed by atoms with E-state index >= 15 is 0 Å². The number of carbonyl (C=O) groups is 1. The third-order valence-electron chi connectivity index (χ3n) is 6.20. The van der Waals surface area contributed by atoms with Crippen LogP contribution in [0.2, 0.25) is 0 Å². The summed E-state index contributed by atoms with van der Waals surface area (Å²) in [6.45, 7) is 7.59. The van der Waals surface area contributed by atoms with E-state index in [2.05, 4.69) is 0 Å². The fourth-order valence-corrected chi connectivity index (χ4v) is 4.32. The maximum absolute atomic E-state index is 13.8. The van der Waals surface area contributed by atoms with E-state index in [0.717, 1.165) is 0 Å². The van der Waals surface area contributed by atoms with Gasteiger partial charge in [0.1, 0.15) is 11.6 Å². The molecular weight excluding hydrogens is 475 g/mol. The standard InChI is InChI=1S/C28H27FN4O4/c1-17(2)16-31(27(34)20-10-9-18(3)25(15-20)33(36)37)19(4)26-30-24-8-6-5-7-23(24)28(35)32(26)22-13-11-21(29)12-14-22/h5-15,17,19H,16H2,1-4H3. The predicted octanol–water partition coefficient (Wildman–Crippen LogP) is 5.60. The summed E-state index contributed by atoms with van der Waals surface area (Å²) >= 11 is 0. The van der Waals surface area contributed by atoms with Crippen molar-refractivity contribution in [1.29, 1.82) is 0 Å². The Bertz CT molecular complexity index is 1550. The Hall–Kier alpha value is -4.40. The number of carbonyl (C=O) groups excluding carboxylic acids is 1. The average molecular weight is 503 g/mol. The lowest BCUT2D eigenvalue weighted by Crippen LogP contribution is -2.39. The fourth-order valence-electron chi connectivity index (χ4n) is 4.32. The van der Waals surface area contributed by atoms with Gasteiger partial charge < -0.3 is 4.90 Å². The van der Waals surface area contributed by atoms with Crippen molar-refractivity contribution in [3.63, 3.8) is 0 Å². The number of hydrogen-bond donors (Lipinski definition) is 0. The van der Waals surface area contributed by atoms with E-state index in [4.69, 9.17) is 4.98 Å². The minimum atomic E-state index is -0.697. The van der Waals surface area contributed by atoms with E-state index in [1.54, 1.807) is 55.1 Å². The van der Waals surface area contributed by atoms with Crippen LogP contribution in [0.1, 0.15) is 48.6 Å². The van der Waals surface area contributed by atoms with Crippen molar-refractivity contribution in [2.75, 3.05) is 6.54 Å². The molecular formula is C28H27FN4O4. The molecule has 4 aromatic rings. The number of halogens is 1. The Kier molecular flexibility index (Phi) is 7.15. The normalized spacial score (nSPS) is 12.1. The predicted molar refractivity (Wildman–Crippen MR) is 139 cm³/mol. The van der Waals surface area contributed by atoms with Crippen LogP contribution in [0.5, 0.6) is 0 Å².